The maximum atomic E-state index is 5.67. The number of hydrogen-bond acceptors (Lipinski definition) is 2. The van der Waals surface area contributed by atoms with Gasteiger partial charge in [-0.05, 0) is 25.3 Å². The van der Waals surface area contributed by atoms with Gasteiger partial charge in [0.15, 0.2) is 0 Å². The molecule has 1 rings (SSSR count). The summed E-state index contributed by atoms with van der Waals surface area (Å²) in [6.07, 6.45) is 5.60. The summed E-state index contributed by atoms with van der Waals surface area (Å²) in [5, 5.41) is 3.68. The molecular formula is C9H11ClN2. The van der Waals surface area contributed by atoms with Crippen molar-refractivity contribution in [2.24, 2.45) is 0 Å². The summed E-state index contributed by atoms with van der Waals surface area (Å²) in [5.41, 5.74) is 0.926. The maximum absolute atomic E-state index is 5.67. The number of likely N-dealkylation sites (N-methyl/N-ethyl adjacent to an activating group) is 1. The summed E-state index contributed by atoms with van der Waals surface area (Å²) < 4.78 is 0. The molecule has 0 aliphatic rings. The van der Waals surface area contributed by atoms with Crippen molar-refractivity contribution in [3.63, 3.8) is 0 Å². The van der Waals surface area contributed by atoms with E-state index in [-0.39, 0.29) is 0 Å². The number of halogens is 1. The molecule has 64 valence electrons. The standard InChI is InChI=1S/C9H11ClN2/c1-11-6-2-3-9-5-4-8(10)7-12-9/h2-5,7,11H,6H2,1H3. The van der Waals surface area contributed by atoms with Gasteiger partial charge in [0.1, 0.15) is 0 Å². The van der Waals surface area contributed by atoms with Crippen molar-refractivity contribution in [1.82, 2.24) is 10.3 Å². The minimum atomic E-state index is 0.667. The van der Waals surface area contributed by atoms with E-state index in [1.807, 2.05) is 31.3 Å². The first-order valence-electron chi connectivity index (χ1n) is 3.75. The van der Waals surface area contributed by atoms with Crippen molar-refractivity contribution in [3.05, 3.63) is 35.1 Å². The molecule has 1 N–H and O–H groups in total. The third-order valence-corrected chi connectivity index (χ3v) is 1.58. The lowest BCUT2D eigenvalue weighted by atomic mass is 10.3. The van der Waals surface area contributed by atoms with Gasteiger partial charge in [-0.25, -0.2) is 0 Å². The van der Waals surface area contributed by atoms with E-state index in [4.69, 9.17) is 11.6 Å². The average molecular weight is 183 g/mol. The van der Waals surface area contributed by atoms with Gasteiger partial charge < -0.3 is 5.32 Å². The van der Waals surface area contributed by atoms with Gasteiger partial charge in [0, 0.05) is 12.7 Å². The van der Waals surface area contributed by atoms with Gasteiger partial charge in [-0.2, -0.15) is 0 Å². The van der Waals surface area contributed by atoms with Crippen LogP contribution in [0.4, 0.5) is 0 Å². The second kappa shape index (κ2) is 4.91. The van der Waals surface area contributed by atoms with Crippen molar-refractivity contribution in [1.29, 1.82) is 0 Å². The smallest absolute Gasteiger partial charge is 0.0628 e. The Kier molecular flexibility index (Phi) is 3.77. The minimum Gasteiger partial charge on any atom is -0.316 e. The second-order valence-electron chi connectivity index (χ2n) is 2.36. The summed E-state index contributed by atoms with van der Waals surface area (Å²) in [6, 6.07) is 3.71. The van der Waals surface area contributed by atoms with Crippen LogP contribution < -0.4 is 5.32 Å². The van der Waals surface area contributed by atoms with Crippen LogP contribution in [0.5, 0.6) is 0 Å². The summed E-state index contributed by atoms with van der Waals surface area (Å²) in [7, 11) is 1.90. The highest BCUT2D eigenvalue weighted by molar-refractivity contribution is 6.30. The van der Waals surface area contributed by atoms with E-state index < -0.39 is 0 Å². The lowest BCUT2D eigenvalue weighted by Gasteiger charge is -1.92. The van der Waals surface area contributed by atoms with Crippen LogP contribution in [-0.2, 0) is 0 Å². The molecule has 3 heteroatoms. The first-order chi connectivity index (χ1) is 5.83. The molecule has 1 aromatic heterocycles. The zero-order chi connectivity index (χ0) is 8.81. The molecule has 2 nitrogen and oxygen atoms in total. The van der Waals surface area contributed by atoms with E-state index in [1.54, 1.807) is 6.20 Å². The predicted molar refractivity (Wildman–Crippen MR) is 52.2 cm³/mol. The van der Waals surface area contributed by atoms with Crippen LogP contribution in [0.25, 0.3) is 6.08 Å². The third kappa shape index (κ3) is 3.03. The van der Waals surface area contributed by atoms with E-state index in [9.17, 15) is 0 Å². The molecule has 12 heavy (non-hydrogen) atoms. The molecule has 0 fully saturated rings. The Morgan fingerprint density at radius 1 is 1.58 bits per heavy atom. The molecule has 0 saturated carbocycles. The van der Waals surface area contributed by atoms with Gasteiger partial charge in [0.25, 0.3) is 0 Å². The van der Waals surface area contributed by atoms with Crippen molar-refractivity contribution < 1.29 is 0 Å². The molecule has 0 unspecified atom stereocenters. The zero-order valence-corrected chi connectivity index (χ0v) is 7.67. The van der Waals surface area contributed by atoms with Crippen molar-refractivity contribution in [2.75, 3.05) is 13.6 Å². The van der Waals surface area contributed by atoms with Crippen LogP contribution in [0.15, 0.2) is 24.4 Å². The second-order valence-corrected chi connectivity index (χ2v) is 2.80. The number of nitrogens with one attached hydrogen (secondary N) is 1. The largest absolute Gasteiger partial charge is 0.316 e. The molecular weight excluding hydrogens is 172 g/mol. The molecule has 0 saturated heterocycles. The van der Waals surface area contributed by atoms with Gasteiger partial charge in [0.05, 0.1) is 10.7 Å². The van der Waals surface area contributed by atoms with Gasteiger partial charge in [0.2, 0.25) is 0 Å². The predicted octanol–water partition coefficient (Wildman–Crippen LogP) is 1.97. The van der Waals surface area contributed by atoms with Crippen LogP contribution in [0.3, 0.4) is 0 Å². The van der Waals surface area contributed by atoms with E-state index >= 15 is 0 Å². The molecule has 0 amide bonds. The molecule has 1 heterocycles. The molecule has 0 atom stereocenters. The van der Waals surface area contributed by atoms with Crippen molar-refractivity contribution >= 4 is 17.7 Å². The number of pyridine rings is 1. The third-order valence-electron chi connectivity index (χ3n) is 1.36. The molecule has 0 aliphatic heterocycles. The van der Waals surface area contributed by atoms with Crippen LogP contribution in [0.1, 0.15) is 5.69 Å². The number of hydrogen-bond donors (Lipinski definition) is 1. The summed E-state index contributed by atoms with van der Waals surface area (Å²) >= 11 is 5.67. The minimum absolute atomic E-state index is 0.667. The van der Waals surface area contributed by atoms with E-state index in [0.29, 0.717) is 5.02 Å². The van der Waals surface area contributed by atoms with Crippen LogP contribution >= 0.6 is 11.6 Å². The molecule has 0 aliphatic carbocycles. The Hall–Kier alpha value is -0.860. The van der Waals surface area contributed by atoms with Gasteiger partial charge in [-0.15, -0.1) is 0 Å². The van der Waals surface area contributed by atoms with Crippen LogP contribution in [0, 0.1) is 0 Å². The number of nitrogens with zero attached hydrogens (tertiary/aromatic N) is 1. The molecule has 0 bridgehead atoms. The molecule has 0 radical (unpaired) electrons. The monoisotopic (exact) mass is 182 g/mol. The van der Waals surface area contributed by atoms with E-state index in [2.05, 4.69) is 10.3 Å². The fourth-order valence-electron chi connectivity index (χ4n) is 0.783. The van der Waals surface area contributed by atoms with Gasteiger partial charge in [-0.3, -0.25) is 4.98 Å². The summed E-state index contributed by atoms with van der Waals surface area (Å²) in [6.45, 7) is 0.851. The summed E-state index contributed by atoms with van der Waals surface area (Å²) in [4.78, 5) is 4.10. The Balaban J connectivity index is 2.58. The molecule has 1 aromatic rings. The number of rotatable bonds is 3. The van der Waals surface area contributed by atoms with E-state index in [0.717, 1.165) is 12.2 Å². The van der Waals surface area contributed by atoms with Gasteiger partial charge >= 0.3 is 0 Å². The normalized spacial score (nSPS) is 10.8. The topological polar surface area (TPSA) is 24.9 Å². The van der Waals surface area contributed by atoms with E-state index in [1.165, 1.54) is 0 Å². The molecule has 0 spiro atoms. The lowest BCUT2D eigenvalue weighted by molar-refractivity contribution is 0.922. The quantitative estimate of drug-likeness (QED) is 0.773. The van der Waals surface area contributed by atoms with Crippen LogP contribution in [-0.4, -0.2) is 18.6 Å². The fraction of sp³-hybridized carbons (Fsp3) is 0.222. The highest BCUT2D eigenvalue weighted by Gasteiger charge is 1.87. The molecule has 0 aromatic carbocycles. The lowest BCUT2D eigenvalue weighted by Crippen LogP contribution is -2.03. The zero-order valence-electron chi connectivity index (χ0n) is 6.92. The average Bonchev–Trinajstić information content (AvgIpc) is 2.09. The number of aromatic nitrogens is 1. The fourth-order valence-corrected chi connectivity index (χ4v) is 0.895. The Morgan fingerprint density at radius 3 is 3.00 bits per heavy atom. The first-order valence-corrected chi connectivity index (χ1v) is 4.13. The Labute approximate surface area is 77.3 Å². The Morgan fingerprint density at radius 2 is 2.42 bits per heavy atom. The Bertz CT molecular complexity index is 254. The van der Waals surface area contributed by atoms with Gasteiger partial charge in [-0.1, -0.05) is 17.7 Å². The van der Waals surface area contributed by atoms with Crippen molar-refractivity contribution in [3.8, 4) is 0 Å². The highest BCUT2D eigenvalue weighted by Crippen LogP contribution is 2.06. The SMILES string of the molecule is CNCC=Cc1ccc(Cl)cn1. The highest BCUT2D eigenvalue weighted by atomic mass is 35.5. The van der Waals surface area contributed by atoms with Crippen molar-refractivity contribution in [2.45, 2.75) is 0 Å². The summed E-state index contributed by atoms with van der Waals surface area (Å²) in [5.74, 6) is 0. The van der Waals surface area contributed by atoms with Crippen LogP contribution in [0.2, 0.25) is 5.02 Å². The first kappa shape index (κ1) is 9.23. The maximum Gasteiger partial charge on any atom is 0.0628 e.